The molecule has 0 aliphatic carbocycles. The van der Waals surface area contributed by atoms with Crippen LogP contribution in [0.5, 0.6) is 11.8 Å². The summed E-state index contributed by atoms with van der Waals surface area (Å²) >= 11 is 0. The molecule has 2 unspecified atom stereocenters. The maximum Gasteiger partial charge on any atom is 0.410 e. The molecule has 8 rings (SSSR count). The van der Waals surface area contributed by atoms with E-state index in [2.05, 4.69) is 116 Å². The highest BCUT2D eigenvalue weighted by Gasteiger charge is 2.50. The van der Waals surface area contributed by atoms with Gasteiger partial charge in [-0.15, -0.1) is 11.1 Å². The van der Waals surface area contributed by atoms with E-state index in [9.17, 15) is 4.79 Å². The number of benzene rings is 2. The molecule has 0 spiro atoms. The third-order valence-corrected chi connectivity index (χ3v) is 30.1. The third-order valence-electron chi connectivity index (χ3n) is 17.5. The molecule has 4 aliphatic heterocycles. The average molecular weight is 1080 g/mol. The molecule has 0 radical (unpaired) electrons. The molecule has 4 aliphatic rings. The smallest absolute Gasteiger partial charge is 0.410 e. The van der Waals surface area contributed by atoms with Crippen molar-refractivity contribution in [1.82, 2.24) is 24.8 Å². The summed E-state index contributed by atoms with van der Waals surface area (Å²) in [5.41, 5.74) is 8.49. The molecular formula is C60H83F3N6O5Si2. The van der Waals surface area contributed by atoms with E-state index in [4.69, 9.17) is 33.9 Å². The van der Waals surface area contributed by atoms with Crippen LogP contribution >= 0.6 is 0 Å². The highest BCUT2D eigenvalue weighted by atomic mass is 28.3. The summed E-state index contributed by atoms with van der Waals surface area (Å²) < 4.78 is 75.0. The lowest BCUT2D eigenvalue weighted by Gasteiger charge is -2.42. The molecule has 16 heteroatoms. The summed E-state index contributed by atoms with van der Waals surface area (Å²) in [6, 6.07) is 6.05. The summed E-state index contributed by atoms with van der Waals surface area (Å²) in [4.78, 5) is 35.4. The van der Waals surface area contributed by atoms with Crippen molar-refractivity contribution in [1.29, 1.82) is 0 Å². The number of hydrogen-bond donors (Lipinski definition) is 0. The van der Waals surface area contributed by atoms with Crippen molar-refractivity contribution in [2.75, 3.05) is 51.6 Å². The van der Waals surface area contributed by atoms with Gasteiger partial charge in [0.05, 0.1) is 28.6 Å². The Morgan fingerprint density at radius 1 is 0.803 bits per heavy atom. The van der Waals surface area contributed by atoms with E-state index < -0.39 is 45.1 Å². The summed E-state index contributed by atoms with van der Waals surface area (Å²) in [6.45, 7) is 34.2. The van der Waals surface area contributed by atoms with Gasteiger partial charge in [-0.3, -0.25) is 9.80 Å². The normalized spacial score (nSPS) is 21.1. The molecule has 11 nitrogen and oxygen atoms in total. The lowest BCUT2D eigenvalue weighted by Crippen LogP contribution is -2.57. The molecule has 4 fully saturated rings. The Labute approximate surface area is 452 Å². The van der Waals surface area contributed by atoms with Crippen LogP contribution in [0.4, 0.5) is 23.8 Å². The Kier molecular flexibility index (Phi) is 16.7. The van der Waals surface area contributed by atoms with E-state index in [-0.39, 0.29) is 98.9 Å². The second-order valence-electron chi connectivity index (χ2n) is 25.1. The molecule has 4 aromatic rings. The van der Waals surface area contributed by atoms with E-state index in [1.54, 1.807) is 18.2 Å². The van der Waals surface area contributed by atoms with E-state index in [0.717, 1.165) is 32.2 Å². The molecule has 1 amide bonds. The van der Waals surface area contributed by atoms with Crippen LogP contribution in [0.15, 0.2) is 24.3 Å². The first kappa shape index (κ1) is 57.3. The monoisotopic (exact) mass is 1080 g/mol. The van der Waals surface area contributed by atoms with Gasteiger partial charge in [-0.2, -0.15) is 9.97 Å². The number of carbonyl (C=O) groups is 1. The van der Waals surface area contributed by atoms with Crippen molar-refractivity contribution in [3.63, 3.8) is 0 Å². The quantitative estimate of drug-likeness (QED) is 0.0689. The minimum absolute atomic E-state index is 0.0600. The van der Waals surface area contributed by atoms with Gasteiger partial charge in [0.1, 0.15) is 68.8 Å². The van der Waals surface area contributed by atoms with Gasteiger partial charge in [-0.25, -0.2) is 22.9 Å². The first-order valence-corrected chi connectivity index (χ1v) is 32.4. The molecule has 4 saturated heterocycles. The Morgan fingerprint density at radius 3 is 1.99 bits per heavy atom. The maximum absolute atomic E-state index is 18.9. The number of piperazine rings is 1. The first-order valence-electron chi connectivity index (χ1n) is 27.9. The number of pyridine rings is 1. The van der Waals surface area contributed by atoms with Gasteiger partial charge in [0.2, 0.25) is 0 Å². The van der Waals surface area contributed by atoms with Crippen molar-refractivity contribution in [3.8, 4) is 45.9 Å². The van der Waals surface area contributed by atoms with E-state index in [1.165, 1.54) is 13.2 Å². The number of alkyl halides is 1. The standard InChI is InChI=1S/C60H83F3N6O5Si2/c1-36(2)75(37(3)4,38(5)6)26-22-47-49(62)21-18-42-28-46(73-35-71-16)29-48(51(42)47)54-53(63)55-52(50(64-54)23-27-76(39(7)8,40(9)10)41(11)12)56(66-57(65-55)72-34-60-24-17-25-68(60)31-43(61)30-60)67-32-44-19-20-45(33-67)69(44)58(70)74-59(13,14)15/h18,21,28-29,36-41,43-45H,17,19-20,24-25,30-35H2,1-16H3/t43-,44?,45?,60+/m1/s1. The zero-order chi connectivity index (χ0) is 55.4. The predicted octanol–water partition coefficient (Wildman–Crippen LogP) is 13.8. The fourth-order valence-electron chi connectivity index (χ4n) is 14.2. The summed E-state index contributed by atoms with van der Waals surface area (Å²) in [6.07, 6.45) is 2.13. The minimum atomic E-state index is -2.48. The van der Waals surface area contributed by atoms with E-state index in [1.807, 2.05) is 25.7 Å². The van der Waals surface area contributed by atoms with Crippen molar-refractivity contribution in [3.05, 3.63) is 47.2 Å². The molecule has 0 saturated carbocycles. The van der Waals surface area contributed by atoms with Crippen molar-refractivity contribution < 1.29 is 36.9 Å². The molecule has 2 bridgehead atoms. The van der Waals surface area contributed by atoms with Crippen LogP contribution in [0.2, 0.25) is 33.2 Å². The van der Waals surface area contributed by atoms with Gasteiger partial charge in [-0.05, 0) is 110 Å². The number of ether oxygens (including phenoxy) is 4. The lowest BCUT2D eigenvalue weighted by molar-refractivity contribution is 0.0122. The highest BCUT2D eigenvalue weighted by Crippen LogP contribution is 2.46. The number of anilines is 1. The van der Waals surface area contributed by atoms with Gasteiger partial charge >= 0.3 is 12.1 Å². The van der Waals surface area contributed by atoms with E-state index in [0.29, 0.717) is 53.8 Å². The van der Waals surface area contributed by atoms with Gasteiger partial charge < -0.3 is 23.8 Å². The van der Waals surface area contributed by atoms with Crippen LogP contribution in [0, 0.1) is 34.6 Å². The number of fused-ring (bicyclic) bond motifs is 5. The van der Waals surface area contributed by atoms with Crippen LogP contribution in [-0.4, -0.2) is 123 Å². The number of nitrogens with zero attached hydrogens (tertiary/aromatic N) is 6. The molecule has 412 valence electrons. The van der Waals surface area contributed by atoms with Crippen LogP contribution in [0.25, 0.3) is 32.9 Å². The summed E-state index contributed by atoms with van der Waals surface area (Å²) in [5.74, 6) is 6.47. The van der Waals surface area contributed by atoms with Gasteiger partial charge in [0, 0.05) is 44.1 Å². The van der Waals surface area contributed by atoms with Crippen LogP contribution in [0.3, 0.4) is 0 Å². The van der Waals surface area contributed by atoms with Crippen molar-refractivity contribution in [2.45, 2.75) is 199 Å². The van der Waals surface area contributed by atoms with Crippen molar-refractivity contribution in [2.24, 2.45) is 0 Å². The first-order chi connectivity index (χ1) is 35.8. The number of amides is 1. The molecule has 0 N–H and O–H groups in total. The highest BCUT2D eigenvalue weighted by molar-refractivity contribution is 6.91. The van der Waals surface area contributed by atoms with Crippen LogP contribution in [0.1, 0.15) is 147 Å². The number of halogens is 3. The predicted molar refractivity (Wildman–Crippen MR) is 304 cm³/mol. The molecule has 2 aromatic carbocycles. The Bertz CT molecular complexity index is 2900. The number of rotatable bonds is 14. The van der Waals surface area contributed by atoms with E-state index >= 15 is 13.2 Å². The third kappa shape index (κ3) is 10.6. The summed E-state index contributed by atoms with van der Waals surface area (Å²) in [7, 11) is -3.36. The molecular weight excluding hydrogens is 998 g/mol. The van der Waals surface area contributed by atoms with Crippen LogP contribution in [-0.2, 0) is 9.47 Å². The number of hydrogen-bond acceptors (Lipinski definition) is 10. The van der Waals surface area contributed by atoms with Gasteiger partial charge in [0.15, 0.2) is 12.6 Å². The summed E-state index contributed by atoms with van der Waals surface area (Å²) in [5, 5.41) is 1.29. The maximum atomic E-state index is 18.9. The Hall–Kier alpha value is -4.88. The largest absolute Gasteiger partial charge is 0.468 e. The topological polar surface area (TPSA) is 102 Å². The zero-order valence-electron chi connectivity index (χ0n) is 48.1. The van der Waals surface area contributed by atoms with Crippen LogP contribution < -0.4 is 14.4 Å². The lowest BCUT2D eigenvalue weighted by atomic mass is 9.95. The average Bonchev–Trinajstić information content (AvgIpc) is 4.02. The molecule has 2 aromatic heterocycles. The second-order valence-corrected chi connectivity index (χ2v) is 36.2. The Morgan fingerprint density at radius 2 is 1.41 bits per heavy atom. The fraction of sp³-hybridized carbons (Fsp3) is 0.633. The number of methoxy groups -OCH3 is 1. The molecule has 76 heavy (non-hydrogen) atoms. The van der Waals surface area contributed by atoms with Gasteiger partial charge in [-0.1, -0.05) is 101 Å². The second kappa shape index (κ2) is 22.1. The Balaban J connectivity index is 1.45. The fourth-order valence-corrected chi connectivity index (χ4v) is 24.6. The van der Waals surface area contributed by atoms with Gasteiger partial charge in [0.25, 0.3) is 0 Å². The SMILES string of the molecule is COCOc1cc(-c2nc(C#C[Si](C(C)C)(C(C)C)C(C)C)c3c(N4CC5CCC(C4)N5C(=O)OC(C)(C)C)nc(OC[C@@]45CCCN4C[C@H](F)C5)nc3c2F)c2c(C#C[Si](C(C)C)(C(C)C)C(C)C)c(F)ccc2c1. The molecule has 6 heterocycles. The minimum Gasteiger partial charge on any atom is -0.468 e. The van der Waals surface area contributed by atoms with Crippen molar-refractivity contribution >= 4 is 49.7 Å². The molecule has 4 atom stereocenters. The number of carbonyl (C=O) groups excluding carboxylic acids is 1. The number of aromatic nitrogens is 3. The zero-order valence-corrected chi connectivity index (χ0v) is 50.1.